The molecule has 1 aliphatic carbocycles. The van der Waals surface area contributed by atoms with Gasteiger partial charge in [-0.05, 0) is 71.7 Å². The minimum absolute atomic E-state index is 0.128. The number of fused-ring (bicyclic) bond motifs is 1. The van der Waals surface area contributed by atoms with E-state index >= 15 is 0 Å². The van der Waals surface area contributed by atoms with E-state index in [9.17, 15) is 4.79 Å². The first-order valence-electron chi connectivity index (χ1n) is 12.6. The molecule has 0 saturated carbocycles. The van der Waals surface area contributed by atoms with Crippen LogP contribution >= 0.6 is 0 Å². The zero-order chi connectivity index (χ0) is 21.9. The molecule has 0 heterocycles. The van der Waals surface area contributed by atoms with E-state index in [4.69, 9.17) is 4.74 Å². The summed E-state index contributed by atoms with van der Waals surface area (Å²) in [5, 5.41) is 2.34. The number of esters is 1. The van der Waals surface area contributed by atoms with Crippen LogP contribution in [0.4, 0.5) is 0 Å². The molecule has 0 radical (unpaired) electrons. The van der Waals surface area contributed by atoms with Crippen LogP contribution < -0.4 is 4.74 Å². The number of unbranched alkanes of at least 4 members (excludes halogenated alkanes) is 6. The SMILES string of the molecule is CCCCCCCC1CC=C(c2ccc3cc(OC(=O)CCCCC)ccc3c2)CC1. The summed E-state index contributed by atoms with van der Waals surface area (Å²) in [4.78, 5) is 12.0. The molecule has 1 unspecified atom stereocenters. The molecule has 0 N–H and O–H groups in total. The molecule has 0 amide bonds. The number of benzene rings is 2. The summed E-state index contributed by atoms with van der Waals surface area (Å²) in [7, 11) is 0. The van der Waals surface area contributed by atoms with Crippen molar-refractivity contribution in [2.24, 2.45) is 5.92 Å². The van der Waals surface area contributed by atoms with Crippen LogP contribution in [-0.2, 0) is 4.79 Å². The molecular formula is C29H40O2. The molecule has 1 atom stereocenters. The van der Waals surface area contributed by atoms with Gasteiger partial charge in [-0.25, -0.2) is 0 Å². The van der Waals surface area contributed by atoms with Crippen LogP contribution in [0.2, 0.25) is 0 Å². The average Bonchev–Trinajstić information content (AvgIpc) is 2.79. The van der Waals surface area contributed by atoms with E-state index in [2.05, 4.69) is 44.2 Å². The smallest absolute Gasteiger partial charge is 0.311 e. The summed E-state index contributed by atoms with van der Waals surface area (Å²) in [6.45, 7) is 4.42. The van der Waals surface area contributed by atoms with Crippen molar-refractivity contribution in [3.05, 3.63) is 48.0 Å². The number of carbonyl (C=O) groups excluding carboxylic acids is 1. The fraction of sp³-hybridized carbons (Fsp3) is 0.552. The van der Waals surface area contributed by atoms with Crippen LogP contribution in [0, 0.1) is 5.92 Å². The van der Waals surface area contributed by atoms with Gasteiger partial charge in [0.15, 0.2) is 0 Å². The van der Waals surface area contributed by atoms with Crippen LogP contribution in [0.5, 0.6) is 5.75 Å². The van der Waals surface area contributed by atoms with Gasteiger partial charge in [-0.1, -0.05) is 89.5 Å². The van der Waals surface area contributed by atoms with E-state index in [-0.39, 0.29) is 5.97 Å². The Kier molecular flexibility index (Phi) is 9.65. The van der Waals surface area contributed by atoms with E-state index in [1.165, 1.54) is 74.3 Å². The molecule has 1 aliphatic rings. The van der Waals surface area contributed by atoms with Gasteiger partial charge in [0.1, 0.15) is 5.75 Å². The van der Waals surface area contributed by atoms with Crippen molar-refractivity contribution in [3.63, 3.8) is 0 Å². The summed E-state index contributed by atoms with van der Waals surface area (Å²) in [6.07, 6.45) is 18.1. The van der Waals surface area contributed by atoms with E-state index in [0.717, 1.165) is 30.6 Å². The summed E-state index contributed by atoms with van der Waals surface area (Å²) in [5.41, 5.74) is 2.84. The largest absolute Gasteiger partial charge is 0.427 e. The third-order valence-corrected chi connectivity index (χ3v) is 6.63. The van der Waals surface area contributed by atoms with Crippen LogP contribution in [0.25, 0.3) is 16.3 Å². The lowest BCUT2D eigenvalue weighted by Gasteiger charge is -2.22. The molecule has 2 nitrogen and oxygen atoms in total. The molecule has 2 aromatic rings. The lowest BCUT2D eigenvalue weighted by molar-refractivity contribution is -0.134. The van der Waals surface area contributed by atoms with Crippen LogP contribution in [0.15, 0.2) is 42.5 Å². The number of ether oxygens (including phenoxy) is 1. The Morgan fingerprint density at radius 1 is 0.903 bits per heavy atom. The minimum Gasteiger partial charge on any atom is -0.427 e. The van der Waals surface area contributed by atoms with Crippen LogP contribution in [-0.4, -0.2) is 5.97 Å². The highest BCUT2D eigenvalue weighted by Gasteiger charge is 2.15. The second kappa shape index (κ2) is 12.7. The summed E-state index contributed by atoms with van der Waals surface area (Å²) in [5.74, 6) is 1.40. The first-order chi connectivity index (χ1) is 15.2. The number of carbonyl (C=O) groups is 1. The van der Waals surface area contributed by atoms with Crippen molar-refractivity contribution in [2.75, 3.05) is 0 Å². The van der Waals surface area contributed by atoms with E-state index < -0.39 is 0 Å². The minimum atomic E-state index is -0.128. The maximum atomic E-state index is 12.0. The Bertz CT molecular complexity index is 864. The van der Waals surface area contributed by atoms with Gasteiger partial charge < -0.3 is 4.74 Å². The van der Waals surface area contributed by atoms with E-state index in [0.29, 0.717) is 12.2 Å². The van der Waals surface area contributed by atoms with Crippen molar-refractivity contribution < 1.29 is 9.53 Å². The molecule has 168 valence electrons. The van der Waals surface area contributed by atoms with Gasteiger partial charge >= 0.3 is 5.97 Å². The Morgan fingerprint density at radius 3 is 2.42 bits per heavy atom. The second-order valence-corrected chi connectivity index (χ2v) is 9.23. The predicted molar refractivity (Wildman–Crippen MR) is 132 cm³/mol. The van der Waals surface area contributed by atoms with Gasteiger partial charge in [0.05, 0.1) is 0 Å². The van der Waals surface area contributed by atoms with Crippen molar-refractivity contribution in [1.29, 1.82) is 0 Å². The van der Waals surface area contributed by atoms with Gasteiger partial charge in [0.2, 0.25) is 0 Å². The monoisotopic (exact) mass is 420 g/mol. The third-order valence-electron chi connectivity index (χ3n) is 6.63. The first kappa shape index (κ1) is 23.6. The van der Waals surface area contributed by atoms with Gasteiger partial charge in [-0.3, -0.25) is 4.79 Å². The Labute approximate surface area is 189 Å². The molecule has 3 rings (SSSR count). The molecule has 0 saturated heterocycles. The third kappa shape index (κ3) is 7.52. The van der Waals surface area contributed by atoms with E-state index in [1.54, 1.807) is 0 Å². The average molecular weight is 421 g/mol. The van der Waals surface area contributed by atoms with Crippen molar-refractivity contribution in [2.45, 2.75) is 97.3 Å². The summed E-state index contributed by atoms with van der Waals surface area (Å²) < 4.78 is 5.53. The van der Waals surface area contributed by atoms with Crippen molar-refractivity contribution >= 4 is 22.3 Å². The molecule has 2 aromatic carbocycles. The molecule has 0 aliphatic heterocycles. The predicted octanol–water partition coefficient (Wildman–Crippen LogP) is 8.87. The Balaban J connectivity index is 1.54. The maximum absolute atomic E-state index is 12.0. The summed E-state index contributed by atoms with van der Waals surface area (Å²) in [6, 6.07) is 12.7. The summed E-state index contributed by atoms with van der Waals surface area (Å²) >= 11 is 0. The van der Waals surface area contributed by atoms with Gasteiger partial charge in [0, 0.05) is 6.42 Å². The lowest BCUT2D eigenvalue weighted by atomic mass is 9.83. The van der Waals surface area contributed by atoms with Gasteiger partial charge in [-0.15, -0.1) is 0 Å². The fourth-order valence-corrected chi connectivity index (χ4v) is 4.64. The maximum Gasteiger partial charge on any atom is 0.311 e. The number of hydrogen-bond acceptors (Lipinski definition) is 2. The van der Waals surface area contributed by atoms with Gasteiger partial charge in [-0.2, -0.15) is 0 Å². The highest BCUT2D eigenvalue weighted by Crippen LogP contribution is 2.34. The Morgan fingerprint density at radius 2 is 1.65 bits per heavy atom. The van der Waals surface area contributed by atoms with Gasteiger partial charge in [0.25, 0.3) is 0 Å². The first-order valence-corrected chi connectivity index (χ1v) is 12.6. The standard InChI is InChI=1S/C29H40O2/c1-3-5-7-8-10-11-23-13-15-24(16-14-23)25-17-18-27-22-28(20-19-26(27)21-25)31-29(30)12-9-6-4-2/h15,17-23H,3-14,16H2,1-2H3. The number of allylic oxidation sites excluding steroid dienone is 2. The molecule has 0 fully saturated rings. The zero-order valence-corrected chi connectivity index (χ0v) is 19.6. The quantitative estimate of drug-likeness (QED) is 0.195. The molecule has 2 heteroatoms. The lowest BCUT2D eigenvalue weighted by Crippen LogP contribution is -2.07. The zero-order valence-electron chi connectivity index (χ0n) is 19.6. The second-order valence-electron chi connectivity index (χ2n) is 9.23. The number of rotatable bonds is 12. The molecule has 0 aromatic heterocycles. The number of hydrogen-bond donors (Lipinski definition) is 0. The van der Waals surface area contributed by atoms with Crippen molar-refractivity contribution in [3.8, 4) is 5.75 Å². The molecule has 0 spiro atoms. The fourth-order valence-electron chi connectivity index (χ4n) is 4.64. The molecule has 0 bridgehead atoms. The highest BCUT2D eigenvalue weighted by atomic mass is 16.5. The highest BCUT2D eigenvalue weighted by molar-refractivity contribution is 5.88. The van der Waals surface area contributed by atoms with E-state index in [1.807, 2.05) is 12.1 Å². The Hall–Kier alpha value is -2.09. The molecular weight excluding hydrogens is 380 g/mol. The topological polar surface area (TPSA) is 26.3 Å². The van der Waals surface area contributed by atoms with Crippen LogP contribution in [0.1, 0.15) is 103 Å². The van der Waals surface area contributed by atoms with Crippen LogP contribution in [0.3, 0.4) is 0 Å². The molecule has 31 heavy (non-hydrogen) atoms. The van der Waals surface area contributed by atoms with Crippen molar-refractivity contribution in [1.82, 2.24) is 0 Å². The normalized spacial score (nSPS) is 16.3.